The van der Waals surface area contributed by atoms with Crippen molar-refractivity contribution in [2.24, 2.45) is 0 Å². The number of aryl methyl sites for hydroxylation is 1. The average Bonchev–Trinajstić information content (AvgIpc) is 2.50. The Morgan fingerprint density at radius 2 is 1.71 bits per heavy atom. The molecular weight excluding hydrogens is 260 g/mol. The van der Waals surface area contributed by atoms with Crippen LogP contribution in [0.5, 0.6) is 0 Å². The van der Waals surface area contributed by atoms with Gasteiger partial charge < -0.3 is 4.74 Å². The van der Waals surface area contributed by atoms with Gasteiger partial charge in [-0.2, -0.15) is 0 Å². The molecule has 2 nitrogen and oxygen atoms in total. The minimum absolute atomic E-state index is 0.126. The van der Waals surface area contributed by atoms with Crippen molar-refractivity contribution in [1.82, 2.24) is 0 Å². The van der Waals surface area contributed by atoms with Crippen LogP contribution in [-0.4, -0.2) is 5.97 Å². The first-order valence-electron chi connectivity index (χ1n) is 7.49. The SMILES string of the molecule is CCCC(=O)O[C@@H](Cc1ccc(C)cc1)c1ccccc1. The summed E-state index contributed by atoms with van der Waals surface area (Å²) in [4.78, 5) is 11.8. The van der Waals surface area contributed by atoms with Crippen molar-refractivity contribution in [1.29, 1.82) is 0 Å². The highest BCUT2D eigenvalue weighted by atomic mass is 16.5. The highest BCUT2D eigenvalue weighted by molar-refractivity contribution is 5.69. The average molecular weight is 282 g/mol. The molecule has 21 heavy (non-hydrogen) atoms. The van der Waals surface area contributed by atoms with Crippen molar-refractivity contribution >= 4 is 5.97 Å². The Morgan fingerprint density at radius 1 is 1.05 bits per heavy atom. The Kier molecular flexibility index (Phi) is 5.56. The van der Waals surface area contributed by atoms with Crippen molar-refractivity contribution in [2.45, 2.75) is 39.2 Å². The van der Waals surface area contributed by atoms with E-state index in [1.165, 1.54) is 11.1 Å². The van der Waals surface area contributed by atoms with Crippen LogP contribution in [0, 0.1) is 6.92 Å². The van der Waals surface area contributed by atoms with Crippen LogP contribution in [0.1, 0.15) is 42.6 Å². The number of ether oxygens (including phenoxy) is 1. The van der Waals surface area contributed by atoms with Crippen LogP contribution < -0.4 is 0 Å². The fourth-order valence-electron chi connectivity index (χ4n) is 2.26. The molecule has 2 aromatic carbocycles. The zero-order valence-electron chi connectivity index (χ0n) is 12.7. The summed E-state index contributed by atoms with van der Waals surface area (Å²) in [7, 11) is 0. The normalized spacial score (nSPS) is 11.9. The number of hydrogen-bond acceptors (Lipinski definition) is 2. The molecule has 0 aliphatic rings. The number of carbonyl (C=O) groups excluding carboxylic acids is 1. The molecule has 0 bridgehead atoms. The minimum atomic E-state index is -0.215. The molecule has 110 valence electrons. The maximum Gasteiger partial charge on any atom is 0.306 e. The van der Waals surface area contributed by atoms with E-state index in [2.05, 4.69) is 31.2 Å². The third-order valence-corrected chi connectivity index (χ3v) is 3.44. The predicted molar refractivity (Wildman–Crippen MR) is 85.1 cm³/mol. The second-order valence-corrected chi connectivity index (χ2v) is 5.33. The molecule has 0 unspecified atom stereocenters. The number of hydrogen-bond donors (Lipinski definition) is 0. The summed E-state index contributed by atoms with van der Waals surface area (Å²) in [5.41, 5.74) is 3.46. The largest absolute Gasteiger partial charge is 0.457 e. The van der Waals surface area contributed by atoms with E-state index in [1.807, 2.05) is 37.3 Å². The molecule has 0 saturated heterocycles. The highest BCUT2D eigenvalue weighted by Gasteiger charge is 2.16. The van der Waals surface area contributed by atoms with Gasteiger partial charge in [0.05, 0.1) is 0 Å². The standard InChI is InChI=1S/C19H22O2/c1-3-7-19(20)21-18(17-8-5-4-6-9-17)14-16-12-10-15(2)11-13-16/h4-6,8-13,18H,3,7,14H2,1-2H3/t18-/m0/s1. The maximum atomic E-state index is 11.8. The van der Waals surface area contributed by atoms with Gasteiger partial charge in [-0.15, -0.1) is 0 Å². The smallest absolute Gasteiger partial charge is 0.306 e. The molecule has 0 N–H and O–H groups in total. The Hall–Kier alpha value is -2.09. The molecule has 2 heteroatoms. The van der Waals surface area contributed by atoms with Crippen molar-refractivity contribution in [2.75, 3.05) is 0 Å². The van der Waals surface area contributed by atoms with E-state index in [1.54, 1.807) is 0 Å². The molecule has 0 amide bonds. The highest BCUT2D eigenvalue weighted by Crippen LogP contribution is 2.23. The van der Waals surface area contributed by atoms with E-state index in [-0.39, 0.29) is 12.1 Å². The van der Waals surface area contributed by atoms with Gasteiger partial charge in [0.15, 0.2) is 0 Å². The van der Waals surface area contributed by atoms with Crippen LogP contribution in [0.4, 0.5) is 0 Å². The number of carbonyl (C=O) groups is 1. The summed E-state index contributed by atoms with van der Waals surface area (Å²) < 4.78 is 5.67. The number of esters is 1. The molecule has 2 rings (SSSR count). The topological polar surface area (TPSA) is 26.3 Å². The van der Waals surface area contributed by atoms with E-state index in [0.29, 0.717) is 12.8 Å². The van der Waals surface area contributed by atoms with Crippen LogP contribution in [0.15, 0.2) is 54.6 Å². The van der Waals surface area contributed by atoms with Crippen LogP contribution >= 0.6 is 0 Å². The summed E-state index contributed by atoms with van der Waals surface area (Å²) in [5.74, 6) is -0.126. The maximum absolute atomic E-state index is 11.8. The fourth-order valence-corrected chi connectivity index (χ4v) is 2.26. The van der Waals surface area contributed by atoms with Gasteiger partial charge in [0.2, 0.25) is 0 Å². The van der Waals surface area contributed by atoms with E-state index in [9.17, 15) is 4.79 Å². The summed E-state index contributed by atoms with van der Waals surface area (Å²) in [5, 5.41) is 0. The van der Waals surface area contributed by atoms with Crippen molar-refractivity contribution < 1.29 is 9.53 Å². The second kappa shape index (κ2) is 7.63. The third-order valence-electron chi connectivity index (χ3n) is 3.44. The lowest BCUT2D eigenvalue weighted by atomic mass is 10.0. The molecule has 0 aliphatic carbocycles. The molecule has 0 fully saturated rings. The Balaban J connectivity index is 2.15. The molecule has 0 heterocycles. The fraction of sp³-hybridized carbons (Fsp3) is 0.316. The summed E-state index contributed by atoms with van der Waals surface area (Å²) >= 11 is 0. The third kappa shape index (κ3) is 4.75. The molecule has 0 radical (unpaired) electrons. The lowest BCUT2D eigenvalue weighted by Crippen LogP contribution is -2.13. The van der Waals surface area contributed by atoms with Gasteiger partial charge in [0.1, 0.15) is 6.10 Å². The van der Waals surface area contributed by atoms with Crippen LogP contribution in [-0.2, 0) is 16.0 Å². The van der Waals surface area contributed by atoms with E-state index in [0.717, 1.165) is 12.0 Å². The van der Waals surface area contributed by atoms with Gasteiger partial charge in [0, 0.05) is 12.8 Å². The molecule has 0 aliphatic heterocycles. The monoisotopic (exact) mass is 282 g/mol. The van der Waals surface area contributed by atoms with Crippen LogP contribution in [0.3, 0.4) is 0 Å². The second-order valence-electron chi connectivity index (χ2n) is 5.33. The van der Waals surface area contributed by atoms with E-state index < -0.39 is 0 Å². The first-order chi connectivity index (χ1) is 10.2. The van der Waals surface area contributed by atoms with Gasteiger partial charge in [-0.05, 0) is 24.5 Å². The van der Waals surface area contributed by atoms with E-state index >= 15 is 0 Å². The lowest BCUT2D eigenvalue weighted by molar-refractivity contribution is -0.149. The van der Waals surface area contributed by atoms with Crippen molar-refractivity contribution in [3.8, 4) is 0 Å². The Morgan fingerprint density at radius 3 is 2.33 bits per heavy atom. The van der Waals surface area contributed by atoms with E-state index in [4.69, 9.17) is 4.74 Å². The first kappa shape index (κ1) is 15.3. The van der Waals surface area contributed by atoms with Gasteiger partial charge >= 0.3 is 5.97 Å². The van der Waals surface area contributed by atoms with Crippen molar-refractivity contribution in [3.05, 3.63) is 71.3 Å². The predicted octanol–water partition coefficient (Wildman–Crippen LogP) is 4.62. The summed E-state index contributed by atoms with van der Waals surface area (Å²) in [6.45, 7) is 4.05. The van der Waals surface area contributed by atoms with Crippen LogP contribution in [0.25, 0.3) is 0 Å². The van der Waals surface area contributed by atoms with Gasteiger partial charge in [0.25, 0.3) is 0 Å². The van der Waals surface area contributed by atoms with Crippen molar-refractivity contribution in [3.63, 3.8) is 0 Å². The Bertz CT molecular complexity index is 558. The van der Waals surface area contributed by atoms with Gasteiger partial charge in [-0.25, -0.2) is 0 Å². The Labute approximate surface area is 126 Å². The van der Waals surface area contributed by atoms with Gasteiger partial charge in [-0.3, -0.25) is 4.79 Å². The number of rotatable bonds is 6. The molecule has 1 atom stereocenters. The zero-order chi connectivity index (χ0) is 15.1. The lowest BCUT2D eigenvalue weighted by Gasteiger charge is -2.18. The van der Waals surface area contributed by atoms with Crippen LogP contribution in [0.2, 0.25) is 0 Å². The molecule has 0 aromatic heterocycles. The zero-order valence-corrected chi connectivity index (χ0v) is 12.7. The first-order valence-corrected chi connectivity index (χ1v) is 7.49. The molecule has 2 aromatic rings. The summed E-state index contributed by atoms with van der Waals surface area (Å²) in [6.07, 6.45) is 1.77. The summed E-state index contributed by atoms with van der Waals surface area (Å²) in [6, 6.07) is 18.3. The molecule has 0 saturated carbocycles. The quantitative estimate of drug-likeness (QED) is 0.722. The van der Waals surface area contributed by atoms with Gasteiger partial charge in [-0.1, -0.05) is 67.1 Å². The minimum Gasteiger partial charge on any atom is -0.457 e. The molecular formula is C19H22O2. The molecule has 0 spiro atoms. The number of benzene rings is 2.